The van der Waals surface area contributed by atoms with Gasteiger partial charge >= 0.3 is 6.09 Å². The van der Waals surface area contributed by atoms with Crippen molar-refractivity contribution in [3.63, 3.8) is 0 Å². The van der Waals surface area contributed by atoms with Gasteiger partial charge in [-0.05, 0) is 97.9 Å². The topological polar surface area (TPSA) is 87.7 Å². The van der Waals surface area contributed by atoms with Gasteiger partial charge in [0.2, 0.25) is 11.8 Å². The summed E-state index contributed by atoms with van der Waals surface area (Å²) in [6.45, 7) is 20.9. The molecule has 3 amide bonds. The summed E-state index contributed by atoms with van der Waals surface area (Å²) in [6.07, 6.45) is 0.155. The molecule has 2 N–H and O–H groups in total. The summed E-state index contributed by atoms with van der Waals surface area (Å²) >= 11 is 0. The Hall–Kier alpha value is -3.35. The minimum atomic E-state index is -0.961. The van der Waals surface area contributed by atoms with Gasteiger partial charge in [0.05, 0.1) is 0 Å². The molecule has 2 atom stereocenters. The maximum Gasteiger partial charge on any atom is 0.408 e. The zero-order valence-electron chi connectivity index (χ0n) is 26.3. The number of hydrogen-bond donors (Lipinski definition) is 2. The molecule has 0 heterocycles. The van der Waals surface area contributed by atoms with E-state index in [1.54, 1.807) is 25.7 Å². The van der Waals surface area contributed by atoms with Crippen LogP contribution in [0, 0.1) is 13.8 Å². The van der Waals surface area contributed by atoms with Crippen LogP contribution in [0.25, 0.3) is 0 Å². The first kappa shape index (κ1) is 32.9. The summed E-state index contributed by atoms with van der Waals surface area (Å²) in [4.78, 5) is 43.6. The van der Waals surface area contributed by atoms with Crippen molar-refractivity contribution in [3.8, 4) is 0 Å². The van der Waals surface area contributed by atoms with Crippen molar-refractivity contribution in [1.29, 1.82) is 0 Å². The van der Waals surface area contributed by atoms with Crippen LogP contribution in [0.4, 0.5) is 4.79 Å². The van der Waals surface area contributed by atoms with Crippen LogP contribution in [0.1, 0.15) is 97.0 Å². The highest BCUT2D eigenvalue weighted by Gasteiger charge is 2.44. The molecule has 2 aromatic carbocycles. The fourth-order valence-corrected chi connectivity index (χ4v) is 4.69. The molecule has 2 aromatic rings. The molecule has 2 unspecified atom stereocenters. The number of amides is 3. The van der Waals surface area contributed by atoms with Crippen molar-refractivity contribution >= 4 is 17.9 Å². The SMILES string of the molecule is CCC(C)(C)N(C(=O)C(Cc1ccccc1)NC(=O)OC(C)(C)C)C(C(=O)NC(C)(C)C)c1c(C)cccc1C. The van der Waals surface area contributed by atoms with E-state index in [1.165, 1.54) is 0 Å². The van der Waals surface area contributed by atoms with Gasteiger partial charge in [-0.15, -0.1) is 0 Å². The molecule has 7 heteroatoms. The Labute approximate surface area is 241 Å². The zero-order chi connectivity index (χ0) is 30.5. The number of nitrogens with zero attached hydrogens (tertiary/aromatic N) is 1. The maximum absolute atomic E-state index is 14.7. The van der Waals surface area contributed by atoms with E-state index in [-0.39, 0.29) is 18.2 Å². The van der Waals surface area contributed by atoms with Crippen molar-refractivity contribution in [2.75, 3.05) is 0 Å². The molecule has 0 saturated carbocycles. The highest BCUT2D eigenvalue weighted by Crippen LogP contribution is 2.36. The molecule has 0 spiro atoms. The second kappa shape index (κ2) is 12.9. The maximum atomic E-state index is 14.7. The first-order chi connectivity index (χ1) is 18.4. The molecule has 0 aromatic heterocycles. The quantitative estimate of drug-likeness (QED) is 0.377. The van der Waals surface area contributed by atoms with Gasteiger partial charge in [0.15, 0.2) is 0 Å². The van der Waals surface area contributed by atoms with Crippen LogP contribution in [0.2, 0.25) is 0 Å². The van der Waals surface area contributed by atoms with Gasteiger partial charge in [-0.1, -0.05) is 55.5 Å². The summed E-state index contributed by atoms with van der Waals surface area (Å²) in [5.74, 6) is -0.617. The van der Waals surface area contributed by atoms with E-state index in [0.717, 1.165) is 22.3 Å². The van der Waals surface area contributed by atoms with Crippen LogP contribution in [-0.2, 0) is 20.7 Å². The van der Waals surface area contributed by atoms with Crippen molar-refractivity contribution in [3.05, 3.63) is 70.8 Å². The molecule has 0 radical (unpaired) electrons. The lowest BCUT2D eigenvalue weighted by Gasteiger charge is -2.46. The smallest absolute Gasteiger partial charge is 0.408 e. The lowest BCUT2D eigenvalue weighted by molar-refractivity contribution is -0.150. The Morgan fingerprint density at radius 3 is 1.88 bits per heavy atom. The van der Waals surface area contributed by atoms with E-state index in [9.17, 15) is 14.4 Å². The fraction of sp³-hybridized carbons (Fsp3) is 0.545. The standard InChI is InChI=1S/C33H49N3O4/c1-12-33(10,11)36(27(28(37)35-31(4,5)6)26-22(2)17-16-18-23(26)3)29(38)25(21-24-19-14-13-15-20-24)34-30(39)40-32(7,8)9/h13-20,25,27H,12,21H2,1-11H3,(H,34,39)(H,35,37). The molecule has 220 valence electrons. The molecule has 0 saturated heterocycles. The first-order valence-corrected chi connectivity index (χ1v) is 14.1. The van der Waals surface area contributed by atoms with Crippen LogP contribution in [-0.4, -0.2) is 45.5 Å². The molecule has 40 heavy (non-hydrogen) atoms. The third kappa shape index (κ3) is 9.10. The van der Waals surface area contributed by atoms with Crippen LogP contribution in [0.3, 0.4) is 0 Å². The number of nitrogens with one attached hydrogen (secondary N) is 2. The minimum absolute atomic E-state index is 0.246. The van der Waals surface area contributed by atoms with Gasteiger partial charge in [-0.25, -0.2) is 4.79 Å². The van der Waals surface area contributed by atoms with Crippen molar-refractivity contribution in [2.45, 2.75) is 118 Å². The molecule has 7 nitrogen and oxygen atoms in total. The third-order valence-corrected chi connectivity index (χ3v) is 6.85. The average molecular weight is 552 g/mol. The summed E-state index contributed by atoms with van der Waals surface area (Å²) < 4.78 is 5.54. The number of hydrogen-bond acceptors (Lipinski definition) is 4. The number of carbonyl (C=O) groups is 3. The summed E-state index contributed by atoms with van der Waals surface area (Å²) in [5, 5.41) is 5.96. The van der Waals surface area contributed by atoms with Gasteiger partial charge in [0, 0.05) is 17.5 Å². The molecular formula is C33H49N3O4. The molecule has 0 aliphatic rings. The van der Waals surface area contributed by atoms with Crippen molar-refractivity contribution in [2.24, 2.45) is 0 Å². The highest BCUT2D eigenvalue weighted by molar-refractivity contribution is 5.93. The number of alkyl carbamates (subject to hydrolysis) is 1. The third-order valence-electron chi connectivity index (χ3n) is 6.85. The van der Waals surface area contributed by atoms with Gasteiger partial charge in [-0.3, -0.25) is 9.59 Å². The molecule has 0 fully saturated rings. The monoisotopic (exact) mass is 551 g/mol. The lowest BCUT2D eigenvalue weighted by atomic mass is 9.87. The number of ether oxygens (including phenoxy) is 1. The predicted octanol–water partition coefficient (Wildman–Crippen LogP) is 6.41. The number of aryl methyl sites for hydroxylation is 2. The van der Waals surface area contributed by atoms with Gasteiger partial charge in [0.1, 0.15) is 17.7 Å². The van der Waals surface area contributed by atoms with Crippen LogP contribution >= 0.6 is 0 Å². The Bertz CT molecular complexity index is 1160. The van der Waals surface area contributed by atoms with E-state index < -0.39 is 34.9 Å². The van der Waals surface area contributed by atoms with Crippen molar-refractivity contribution in [1.82, 2.24) is 15.5 Å². The average Bonchev–Trinajstić information content (AvgIpc) is 2.80. The number of benzene rings is 2. The Morgan fingerprint density at radius 1 is 0.850 bits per heavy atom. The largest absolute Gasteiger partial charge is 0.444 e. The minimum Gasteiger partial charge on any atom is -0.444 e. The Balaban J connectivity index is 2.74. The molecule has 0 aliphatic carbocycles. The Kier molecular flexibility index (Phi) is 10.6. The van der Waals surface area contributed by atoms with E-state index in [1.807, 2.05) is 104 Å². The van der Waals surface area contributed by atoms with E-state index in [0.29, 0.717) is 6.42 Å². The first-order valence-electron chi connectivity index (χ1n) is 14.1. The zero-order valence-corrected chi connectivity index (χ0v) is 26.3. The van der Waals surface area contributed by atoms with Crippen LogP contribution in [0.5, 0.6) is 0 Å². The van der Waals surface area contributed by atoms with E-state index >= 15 is 0 Å². The van der Waals surface area contributed by atoms with Gasteiger partial charge in [0.25, 0.3) is 0 Å². The second-order valence-corrected chi connectivity index (χ2v) is 13.2. The van der Waals surface area contributed by atoms with Crippen molar-refractivity contribution < 1.29 is 19.1 Å². The van der Waals surface area contributed by atoms with Crippen LogP contribution in [0.15, 0.2) is 48.5 Å². The Morgan fingerprint density at radius 2 is 1.40 bits per heavy atom. The normalized spacial score (nSPS) is 13.7. The predicted molar refractivity (Wildman–Crippen MR) is 161 cm³/mol. The van der Waals surface area contributed by atoms with E-state index in [2.05, 4.69) is 10.6 Å². The fourth-order valence-electron chi connectivity index (χ4n) is 4.69. The van der Waals surface area contributed by atoms with Gasteiger partial charge in [-0.2, -0.15) is 0 Å². The molecular weight excluding hydrogens is 502 g/mol. The number of rotatable bonds is 9. The molecule has 0 aliphatic heterocycles. The summed E-state index contributed by atoms with van der Waals surface area (Å²) in [7, 11) is 0. The summed E-state index contributed by atoms with van der Waals surface area (Å²) in [5.41, 5.74) is 1.52. The van der Waals surface area contributed by atoms with E-state index in [4.69, 9.17) is 4.74 Å². The highest BCUT2D eigenvalue weighted by atomic mass is 16.6. The number of carbonyl (C=O) groups excluding carboxylic acids is 3. The summed E-state index contributed by atoms with van der Waals surface area (Å²) in [6, 6.07) is 13.5. The van der Waals surface area contributed by atoms with Gasteiger partial charge < -0.3 is 20.3 Å². The lowest BCUT2D eigenvalue weighted by Crippen LogP contribution is -2.61. The van der Waals surface area contributed by atoms with Crippen LogP contribution < -0.4 is 10.6 Å². The molecule has 0 bridgehead atoms. The molecule has 2 rings (SSSR count). The second-order valence-electron chi connectivity index (χ2n) is 13.2.